The highest BCUT2D eigenvalue weighted by molar-refractivity contribution is 6.39. The summed E-state index contributed by atoms with van der Waals surface area (Å²) in [6.07, 6.45) is 0. The molecular weight excluding hydrogens is 849 g/mol. The van der Waals surface area contributed by atoms with E-state index in [0.717, 1.165) is 34.1 Å². The lowest BCUT2D eigenvalue weighted by atomic mass is 9.89. The second-order valence-corrected chi connectivity index (χ2v) is 18.4. The Morgan fingerprint density at radius 2 is 0.600 bits per heavy atom. The van der Waals surface area contributed by atoms with Crippen LogP contribution < -0.4 is 9.80 Å². The third-order valence-corrected chi connectivity index (χ3v) is 14.7. The highest BCUT2D eigenvalue weighted by Gasteiger charge is 2.32. The van der Waals surface area contributed by atoms with Gasteiger partial charge >= 0.3 is 0 Å². The Kier molecular flexibility index (Phi) is 8.33. The maximum atomic E-state index is 2.62. The van der Waals surface area contributed by atoms with Gasteiger partial charge in [0.05, 0.1) is 44.5 Å². The maximum absolute atomic E-state index is 2.62. The number of anilines is 6. The second kappa shape index (κ2) is 15.1. The zero-order valence-electron chi connectivity index (χ0n) is 38.0. The molecule has 0 fully saturated rings. The van der Waals surface area contributed by atoms with Crippen molar-refractivity contribution in [1.29, 1.82) is 0 Å². The summed E-state index contributed by atoms with van der Waals surface area (Å²) in [6, 6.07) is 93.2. The fraction of sp³-hybridized carbons (Fsp3) is 0. The minimum atomic E-state index is 1.11. The van der Waals surface area contributed by atoms with Gasteiger partial charge in [-0.25, -0.2) is 0 Å². The van der Waals surface area contributed by atoms with E-state index in [2.05, 4.69) is 273 Å². The number of fused-ring (bicyclic) bond motifs is 12. The SMILES string of the molecule is c1ccc(-c2c3c4ccc(N(c5ccccc5)c5ccccc5)c5c6ccccc6n(c3c(-c3ccccc3)c3c6cccc7c8c(N(c9ccccc9)c9ccccc9)cccc8n(c23)c76)c45)cc1. The Morgan fingerprint density at radius 1 is 0.229 bits per heavy atom. The van der Waals surface area contributed by atoms with Crippen LogP contribution in [0.25, 0.3) is 98.4 Å². The maximum Gasteiger partial charge on any atom is 0.0642 e. The van der Waals surface area contributed by atoms with Crippen molar-refractivity contribution in [1.82, 2.24) is 8.80 Å². The predicted octanol–water partition coefficient (Wildman–Crippen LogP) is 18.3. The van der Waals surface area contributed by atoms with Gasteiger partial charge in [0.25, 0.3) is 0 Å². The summed E-state index contributed by atoms with van der Waals surface area (Å²) in [6.45, 7) is 0. The van der Waals surface area contributed by atoms with Crippen LogP contribution in [0.4, 0.5) is 34.1 Å². The van der Waals surface area contributed by atoms with Gasteiger partial charge in [-0.2, -0.15) is 0 Å². The number of para-hydroxylation sites is 6. The summed E-state index contributed by atoms with van der Waals surface area (Å²) in [4.78, 5) is 4.85. The smallest absolute Gasteiger partial charge is 0.0642 e. The minimum absolute atomic E-state index is 1.11. The lowest BCUT2D eigenvalue weighted by molar-refractivity contribution is 1.29. The van der Waals surface area contributed by atoms with Crippen LogP contribution in [0.1, 0.15) is 0 Å². The molecule has 0 amide bonds. The average molecular weight is 891 g/mol. The molecule has 4 heterocycles. The number of hydrogen-bond donors (Lipinski definition) is 0. The molecule has 0 unspecified atom stereocenters. The lowest BCUT2D eigenvalue weighted by Gasteiger charge is -2.26. The van der Waals surface area contributed by atoms with Crippen molar-refractivity contribution in [3.8, 4) is 22.3 Å². The van der Waals surface area contributed by atoms with Gasteiger partial charge in [-0.3, -0.25) is 0 Å². The van der Waals surface area contributed by atoms with Crippen molar-refractivity contribution in [3.63, 3.8) is 0 Å². The van der Waals surface area contributed by atoms with Gasteiger partial charge in [-0.1, -0.05) is 182 Å². The number of hydrogen-bond acceptors (Lipinski definition) is 2. The first-order chi connectivity index (χ1) is 34.8. The predicted molar refractivity (Wildman–Crippen MR) is 296 cm³/mol. The summed E-state index contributed by atoms with van der Waals surface area (Å²) in [7, 11) is 0. The van der Waals surface area contributed by atoms with Crippen LogP contribution in [0.2, 0.25) is 0 Å². The van der Waals surface area contributed by atoms with E-state index < -0.39 is 0 Å². The molecule has 0 bridgehead atoms. The molecule has 0 atom stereocenters. The third-order valence-electron chi connectivity index (χ3n) is 14.7. The fourth-order valence-electron chi connectivity index (χ4n) is 12.0. The summed E-state index contributed by atoms with van der Waals surface area (Å²) in [5, 5.41) is 9.90. The molecule has 0 N–H and O–H groups in total. The van der Waals surface area contributed by atoms with E-state index in [9.17, 15) is 0 Å². The highest BCUT2D eigenvalue weighted by atomic mass is 15.2. The van der Waals surface area contributed by atoms with Crippen LogP contribution in [0.5, 0.6) is 0 Å². The zero-order valence-corrected chi connectivity index (χ0v) is 38.0. The van der Waals surface area contributed by atoms with Crippen molar-refractivity contribution in [2.75, 3.05) is 9.80 Å². The van der Waals surface area contributed by atoms with Crippen molar-refractivity contribution < 1.29 is 0 Å². The molecule has 4 nitrogen and oxygen atoms in total. The van der Waals surface area contributed by atoms with Crippen LogP contribution in [-0.4, -0.2) is 8.80 Å². The van der Waals surface area contributed by atoms with E-state index in [4.69, 9.17) is 0 Å². The summed E-state index contributed by atoms with van der Waals surface area (Å²) in [5.74, 6) is 0. The van der Waals surface area contributed by atoms with Crippen molar-refractivity contribution >= 4 is 110 Å². The minimum Gasteiger partial charge on any atom is -0.310 e. The fourth-order valence-corrected chi connectivity index (χ4v) is 12.0. The second-order valence-electron chi connectivity index (χ2n) is 18.4. The quantitative estimate of drug-likeness (QED) is 0.151. The molecule has 4 aromatic heterocycles. The summed E-state index contributed by atoms with van der Waals surface area (Å²) >= 11 is 0. The van der Waals surface area contributed by atoms with Crippen molar-refractivity contribution in [2.45, 2.75) is 0 Å². The Labute approximate surface area is 404 Å². The average Bonchev–Trinajstić information content (AvgIpc) is 4.17. The molecule has 0 aliphatic rings. The van der Waals surface area contributed by atoms with Crippen LogP contribution in [0.3, 0.4) is 0 Å². The first-order valence-electron chi connectivity index (χ1n) is 24.1. The summed E-state index contributed by atoms with van der Waals surface area (Å²) in [5.41, 5.74) is 18.9. The van der Waals surface area contributed by atoms with Gasteiger partial charge in [0.15, 0.2) is 0 Å². The molecule has 11 aromatic carbocycles. The molecule has 0 saturated heterocycles. The van der Waals surface area contributed by atoms with E-state index in [-0.39, 0.29) is 0 Å². The molecule has 70 heavy (non-hydrogen) atoms. The molecule has 0 aliphatic heterocycles. The molecule has 4 heteroatoms. The largest absolute Gasteiger partial charge is 0.310 e. The van der Waals surface area contributed by atoms with Crippen molar-refractivity contribution in [3.05, 3.63) is 255 Å². The van der Waals surface area contributed by atoms with E-state index in [1.165, 1.54) is 98.4 Å². The normalized spacial score (nSPS) is 12.0. The van der Waals surface area contributed by atoms with Gasteiger partial charge in [-0.15, -0.1) is 0 Å². The lowest BCUT2D eigenvalue weighted by Crippen LogP contribution is -2.10. The molecule has 326 valence electrons. The van der Waals surface area contributed by atoms with Gasteiger partial charge in [0.1, 0.15) is 0 Å². The number of benzene rings is 11. The van der Waals surface area contributed by atoms with E-state index >= 15 is 0 Å². The number of nitrogens with zero attached hydrogens (tertiary/aromatic N) is 4. The van der Waals surface area contributed by atoms with Gasteiger partial charge in [-0.05, 0) is 83.9 Å². The Bertz CT molecular complexity index is 4350. The van der Waals surface area contributed by atoms with Crippen molar-refractivity contribution in [2.24, 2.45) is 0 Å². The van der Waals surface area contributed by atoms with Crippen LogP contribution in [-0.2, 0) is 0 Å². The highest BCUT2D eigenvalue weighted by Crippen LogP contribution is 2.56. The van der Waals surface area contributed by atoms with E-state index in [0.29, 0.717) is 0 Å². The molecule has 0 saturated carbocycles. The first kappa shape index (κ1) is 38.7. The van der Waals surface area contributed by atoms with Crippen LogP contribution in [0.15, 0.2) is 255 Å². The standard InChI is InChI=1S/C66H42N4/c1-7-23-43(24-8-1)57-61-51-37-21-36-50-59-54(67(45-27-11-3-12-28-45)46-29-13-4-14-30-46)39-22-40-55(59)70(63(50)51)66(61)58(44-25-9-2-10-26-44)62-52-41-42-56(60-49-35-19-20-38-53(49)69(64(52)60)65(57)62)68(47-31-15-5-16-32-47)48-33-17-6-18-34-48/h1-42H. The topological polar surface area (TPSA) is 15.3 Å². The number of rotatable bonds is 8. The first-order valence-corrected chi connectivity index (χ1v) is 24.1. The monoisotopic (exact) mass is 890 g/mol. The van der Waals surface area contributed by atoms with Gasteiger partial charge in [0.2, 0.25) is 0 Å². The number of aromatic nitrogens is 2. The van der Waals surface area contributed by atoms with E-state index in [1.807, 2.05) is 0 Å². The van der Waals surface area contributed by atoms with Crippen LogP contribution in [0, 0.1) is 0 Å². The Hall–Kier alpha value is -9.38. The molecule has 0 spiro atoms. The zero-order chi connectivity index (χ0) is 45.9. The molecule has 15 aromatic rings. The molecule has 0 aliphatic carbocycles. The third kappa shape index (κ3) is 5.36. The van der Waals surface area contributed by atoms with Gasteiger partial charge < -0.3 is 18.6 Å². The van der Waals surface area contributed by atoms with Gasteiger partial charge in [0, 0.05) is 77.0 Å². The van der Waals surface area contributed by atoms with Crippen LogP contribution >= 0.6 is 0 Å². The molecule has 15 rings (SSSR count). The Balaban J connectivity index is 1.17. The molecule has 0 radical (unpaired) electrons. The summed E-state index contributed by atoms with van der Waals surface area (Å²) < 4.78 is 5.23. The Morgan fingerprint density at radius 3 is 1.11 bits per heavy atom. The van der Waals surface area contributed by atoms with E-state index in [1.54, 1.807) is 0 Å². The molecular formula is C66H42N4.